The van der Waals surface area contributed by atoms with E-state index < -0.39 is 0 Å². The lowest BCUT2D eigenvalue weighted by Crippen LogP contribution is -2.28. The first-order valence-electron chi connectivity index (χ1n) is 11.9. The van der Waals surface area contributed by atoms with Crippen LogP contribution in [0.5, 0.6) is 5.75 Å². The van der Waals surface area contributed by atoms with Gasteiger partial charge in [0.05, 0.1) is 7.11 Å². The highest BCUT2D eigenvalue weighted by Gasteiger charge is 2.16. The van der Waals surface area contributed by atoms with Gasteiger partial charge in [0, 0.05) is 24.4 Å². The molecule has 1 heterocycles. The Hall–Kier alpha value is -3.26. The van der Waals surface area contributed by atoms with Crippen molar-refractivity contribution in [2.24, 2.45) is 0 Å². The zero-order chi connectivity index (χ0) is 23.6. The number of nitrogens with zero attached hydrogens (tertiary/aromatic N) is 1. The maximum Gasteiger partial charge on any atom is 0.118 e. The van der Waals surface area contributed by atoms with Crippen LogP contribution >= 0.6 is 0 Å². The van der Waals surface area contributed by atoms with Gasteiger partial charge in [-0.2, -0.15) is 0 Å². The topological polar surface area (TPSA) is 12.5 Å². The van der Waals surface area contributed by atoms with E-state index in [-0.39, 0.29) is 0 Å². The molecule has 0 saturated carbocycles. The summed E-state index contributed by atoms with van der Waals surface area (Å²) >= 11 is 0. The van der Waals surface area contributed by atoms with Gasteiger partial charge in [-0.3, -0.25) is 0 Å². The molecule has 1 saturated heterocycles. The lowest BCUT2D eigenvalue weighted by Gasteiger charge is -2.31. The summed E-state index contributed by atoms with van der Waals surface area (Å²) in [6.07, 6.45) is 15.1. The molecule has 3 rings (SSSR count). The van der Waals surface area contributed by atoms with Crippen molar-refractivity contribution in [2.45, 2.75) is 39.5 Å². The molecule has 0 radical (unpaired) electrons. The summed E-state index contributed by atoms with van der Waals surface area (Å²) in [5, 5.41) is 0. The number of benzene rings is 2. The van der Waals surface area contributed by atoms with Crippen molar-refractivity contribution >= 4 is 5.70 Å². The highest BCUT2D eigenvalue weighted by atomic mass is 16.5. The number of ether oxygens (including phenoxy) is 1. The molecular weight excluding hydrogens is 402 g/mol. The number of hydrogen-bond donors (Lipinski definition) is 0. The fourth-order valence-electron chi connectivity index (χ4n) is 4.26. The number of allylic oxidation sites excluding steroid dienone is 7. The van der Waals surface area contributed by atoms with E-state index >= 15 is 0 Å². The third kappa shape index (κ3) is 6.38. The smallest absolute Gasteiger partial charge is 0.118 e. The first kappa shape index (κ1) is 24.4. The van der Waals surface area contributed by atoms with Gasteiger partial charge in [0.1, 0.15) is 5.75 Å². The first-order chi connectivity index (χ1) is 16.1. The average Bonchev–Trinajstić information content (AvgIpc) is 2.88. The van der Waals surface area contributed by atoms with Gasteiger partial charge in [-0.05, 0) is 85.6 Å². The summed E-state index contributed by atoms with van der Waals surface area (Å²) < 4.78 is 5.33. The van der Waals surface area contributed by atoms with E-state index in [4.69, 9.17) is 4.74 Å². The van der Waals surface area contributed by atoms with Crippen LogP contribution in [-0.2, 0) is 6.42 Å². The highest BCUT2D eigenvalue weighted by molar-refractivity contribution is 5.74. The zero-order valence-electron chi connectivity index (χ0n) is 20.4. The monoisotopic (exact) mass is 439 g/mol. The van der Waals surface area contributed by atoms with Crippen LogP contribution in [-0.4, -0.2) is 25.1 Å². The fourth-order valence-corrected chi connectivity index (χ4v) is 4.26. The van der Waals surface area contributed by atoms with Gasteiger partial charge >= 0.3 is 0 Å². The van der Waals surface area contributed by atoms with E-state index in [1.165, 1.54) is 47.1 Å². The number of hydrogen-bond acceptors (Lipinski definition) is 2. The van der Waals surface area contributed by atoms with Gasteiger partial charge in [0.2, 0.25) is 0 Å². The summed E-state index contributed by atoms with van der Waals surface area (Å²) in [6, 6.07) is 15.1. The minimum absolute atomic E-state index is 0.859. The van der Waals surface area contributed by atoms with Crippen LogP contribution in [0, 0.1) is 0 Å². The summed E-state index contributed by atoms with van der Waals surface area (Å²) in [5.41, 5.74) is 8.46. The quantitative estimate of drug-likeness (QED) is 0.367. The van der Waals surface area contributed by atoms with Crippen LogP contribution in [0.2, 0.25) is 0 Å². The molecule has 1 aliphatic heterocycles. The van der Waals surface area contributed by atoms with Gasteiger partial charge in [0.25, 0.3) is 0 Å². The van der Waals surface area contributed by atoms with Crippen molar-refractivity contribution < 1.29 is 4.74 Å². The second kappa shape index (κ2) is 12.1. The molecule has 0 N–H and O–H groups in total. The van der Waals surface area contributed by atoms with Crippen LogP contribution in [0.4, 0.5) is 0 Å². The van der Waals surface area contributed by atoms with Gasteiger partial charge < -0.3 is 9.64 Å². The van der Waals surface area contributed by atoms with E-state index in [2.05, 4.69) is 73.5 Å². The molecule has 0 unspecified atom stereocenters. The Labute approximate surface area is 200 Å². The first-order valence-corrected chi connectivity index (χ1v) is 11.9. The number of rotatable bonds is 9. The van der Waals surface area contributed by atoms with Crippen molar-refractivity contribution in [3.05, 3.63) is 108 Å². The summed E-state index contributed by atoms with van der Waals surface area (Å²) in [5.74, 6) is 0.873. The Kier molecular flexibility index (Phi) is 8.95. The van der Waals surface area contributed by atoms with Crippen molar-refractivity contribution in [3.63, 3.8) is 0 Å². The molecule has 0 atom stereocenters. The number of methoxy groups -OCH3 is 1. The van der Waals surface area contributed by atoms with Gasteiger partial charge in [-0.15, -0.1) is 0 Å². The molecule has 2 aromatic carbocycles. The number of likely N-dealkylation sites (tertiary alicyclic amines) is 1. The maximum absolute atomic E-state index is 5.33. The van der Waals surface area contributed by atoms with Crippen molar-refractivity contribution in [3.8, 4) is 16.9 Å². The van der Waals surface area contributed by atoms with E-state index in [0.29, 0.717) is 0 Å². The molecule has 33 heavy (non-hydrogen) atoms. The summed E-state index contributed by atoms with van der Waals surface area (Å²) in [7, 11) is 1.70. The molecule has 2 nitrogen and oxygen atoms in total. The van der Waals surface area contributed by atoms with E-state index in [9.17, 15) is 0 Å². The molecule has 0 spiro atoms. The van der Waals surface area contributed by atoms with Crippen molar-refractivity contribution in [1.29, 1.82) is 0 Å². The second-order valence-electron chi connectivity index (χ2n) is 8.54. The van der Waals surface area contributed by atoms with Crippen LogP contribution < -0.4 is 4.74 Å². The Morgan fingerprint density at radius 1 is 1.03 bits per heavy atom. The summed E-state index contributed by atoms with van der Waals surface area (Å²) in [4.78, 5) is 2.46. The third-order valence-corrected chi connectivity index (χ3v) is 6.35. The minimum Gasteiger partial charge on any atom is -0.497 e. The molecule has 1 aliphatic rings. The van der Waals surface area contributed by atoms with Crippen molar-refractivity contribution in [1.82, 2.24) is 4.90 Å². The highest BCUT2D eigenvalue weighted by Crippen LogP contribution is 2.31. The zero-order valence-corrected chi connectivity index (χ0v) is 20.4. The predicted octanol–water partition coefficient (Wildman–Crippen LogP) is 8.00. The van der Waals surface area contributed by atoms with E-state index in [0.717, 1.165) is 36.5 Å². The van der Waals surface area contributed by atoms with Crippen LogP contribution in [0.3, 0.4) is 0 Å². The van der Waals surface area contributed by atoms with Crippen LogP contribution in [0.1, 0.15) is 44.2 Å². The summed E-state index contributed by atoms with van der Waals surface area (Å²) in [6.45, 7) is 14.9. The van der Waals surface area contributed by atoms with E-state index in [1.807, 2.05) is 31.2 Å². The normalized spacial score (nSPS) is 15.1. The Morgan fingerprint density at radius 3 is 2.36 bits per heavy atom. The minimum atomic E-state index is 0.859. The van der Waals surface area contributed by atoms with E-state index in [1.54, 1.807) is 7.11 Å². The SMILES string of the molecule is C=CC(=CC=CC)C(C)=CCc1ccc(-c2ccc(OC)cc2)cc1C(=C)N1CCCCC1. The van der Waals surface area contributed by atoms with Crippen molar-refractivity contribution in [2.75, 3.05) is 20.2 Å². The molecule has 1 fully saturated rings. The van der Waals surface area contributed by atoms with Crippen LogP contribution in [0.25, 0.3) is 16.8 Å². The molecule has 172 valence electrons. The predicted molar refractivity (Wildman–Crippen MR) is 143 cm³/mol. The second-order valence-corrected chi connectivity index (χ2v) is 8.54. The fraction of sp³-hybridized carbons (Fsp3) is 0.290. The Morgan fingerprint density at radius 2 is 1.73 bits per heavy atom. The van der Waals surface area contributed by atoms with Crippen LogP contribution in [0.15, 0.2) is 97.1 Å². The Bertz CT molecular complexity index is 1050. The lowest BCUT2D eigenvalue weighted by atomic mass is 9.93. The van der Waals surface area contributed by atoms with Gasteiger partial charge in [-0.1, -0.05) is 67.8 Å². The van der Waals surface area contributed by atoms with Gasteiger partial charge in [0.15, 0.2) is 0 Å². The van der Waals surface area contributed by atoms with Gasteiger partial charge in [-0.25, -0.2) is 0 Å². The largest absolute Gasteiger partial charge is 0.497 e. The standard InChI is InChI=1S/C31H37NO/c1-6-8-12-26(7-2)24(3)13-14-28-15-16-29(27-17-19-30(33-5)20-18-27)23-31(28)25(4)32-21-10-9-11-22-32/h6-8,12-13,15-20,23H,2,4,9-11,14,21-22H2,1,3,5H3. The molecular formula is C31H37NO. The average molecular weight is 440 g/mol. The molecule has 2 aromatic rings. The molecule has 0 aromatic heterocycles. The molecule has 2 heteroatoms. The molecule has 0 aliphatic carbocycles. The lowest BCUT2D eigenvalue weighted by molar-refractivity contribution is 0.326. The third-order valence-electron chi connectivity index (χ3n) is 6.35. The molecule has 0 bridgehead atoms. The maximum atomic E-state index is 5.33. The Balaban J connectivity index is 1.96. The number of piperidine rings is 1. The molecule has 0 amide bonds.